The number of nitrogens with zero attached hydrogens (tertiary/aromatic N) is 1. The van der Waals surface area contributed by atoms with Crippen molar-refractivity contribution >= 4 is 23.7 Å². The van der Waals surface area contributed by atoms with E-state index in [0.717, 1.165) is 31.6 Å². The van der Waals surface area contributed by atoms with E-state index in [1.54, 1.807) is 11.8 Å². The van der Waals surface area contributed by atoms with Crippen LogP contribution >= 0.6 is 11.8 Å². The highest BCUT2D eigenvalue weighted by atomic mass is 32.2. The fourth-order valence-electron chi connectivity index (χ4n) is 4.27. The Morgan fingerprint density at radius 2 is 1.84 bits per heavy atom. The summed E-state index contributed by atoms with van der Waals surface area (Å²) < 4.78 is 10.1. The number of carbonyl (C=O) groups excluding carboxylic acids is 2. The summed E-state index contributed by atoms with van der Waals surface area (Å²) in [4.78, 5) is 28.5. The van der Waals surface area contributed by atoms with Gasteiger partial charge in [0.15, 0.2) is 0 Å². The molecule has 2 aliphatic heterocycles. The Labute approximate surface area is 153 Å². The Balaban J connectivity index is 1.85. The summed E-state index contributed by atoms with van der Waals surface area (Å²) in [7, 11) is 2.69. The van der Waals surface area contributed by atoms with Crippen molar-refractivity contribution in [1.29, 1.82) is 0 Å². The van der Waals surface area contributed by atoms with Crippen LogP contribution in [0.2, 0.25) is 0 Å². The first-order chi connectivity index (χ1) is 12.1. The van der Waals surface area contributed by atoms with Crippen LogP contribution in [-0.2, 0) is 19.1 Å². The van der Waals surface area contributed by atoms with Crippen molar-refractivity contribution in [1.82, 2.24) is 4.90 Å². The number of esters is 2. The molecule has 0 spiro atoms. The van der Waals surface area contributed by atoms with Crippen LogP contribution in [0.1, 0.15) is 25.7 Å². The topological polar surface area (TPSA) is 55.8 Å². The number of ether oxygens (including phenoxy) is 2. The van der Waals surface area contributed by atoms with Crippen LogP contribution in [0.5, 0.6) is 0 Å². The first-order valence-corrected chi connectivity index (χ1v) is 9.73. The monoisotopic (exact) mass is 363 g/mol. The predicted molar refractivity (Wildman–Crippen MR) is 96.4 cm³/mol. The van der Waals surface area contributed by atoms with Gasteiger partial charge in [0.2, 0.25) is 5.54 Å². The van der Waals surface area contributed by atoms with Crippen molar-refractivity contribution in [2.45, 2.75) is 42.2 Å². The number of hydrogen-bond donors (Lipinski definition) is 0. The van der Waals surface area contributed by atoms with E-state index >= 15 is 0 Å². The molecule has 2 heterocycles. The number of methoxy groups -OCH3 is 2. The molecule has 5 nitrogen and oxygen atoms in total. The summed E-state index contributed by atoms with van der Waals surface area (Å²) in [6.45, 7) is 0.737. The van der Waals surface area contributed by atoms with Crippen molar-refractivity contribution in [3.05, 3.63) is 30.3 Å². The maximum absolute atomic E-state index is 12.6. The second-order valence-electron chi connectivity index (χ2n) is 6.69. The molecule has 136 valence electrons. The summed E-state index contributed by atoms with van der Waals surface area (Å²) in [5.41, 5.74) is -1.28. The summed E-state index contributed by atoms with van der Waals surface area (Å²) >= 11 is 1.78. The smallest absolute Gasteiger partial charge is 0.338 e. The van der Waals surface area contributed by atoms with Crippen LogP contribution in [0.3, 0.4) is 0 Å². The van der Waals surface area contributed by atoms with Gasteiger partial charge in [0.05, 0.1) is 14.2 Å². The van der Waals surface area contributed by atoms with E-state index < -0.39 is 17.5 Å². The molecule has 25 heavy (non-hydrogen) atoms. The van der Waals surface area contributed by atoms with E-state index in [1.807, 2.05) is 18.2 Å². The molecule has 0 bridgehead atoms. The molecule has 0 aromatic heterocycles. The molecular formula is C19H25NO4S. The Bertz CT molecular complexity index is 605. The van der Waals surface area contributed by atoms with E-state index in [9.17, 15) is 9.59 Å². The molecule has 2 aliphatic rings. The molecule has 0 radical (unpaired) electrons. The molecule has 0 aliphatic carbocycles. The summed E-state index contributed by atoms with van der Waals surface area (Å²) in [5, 5.41) is 0. The van der Waals surface area contributed by atoms with Gasteiger partial charge in [0.1, 0.15) is 0 Å². The number of hydrogen-bond acceptors (Lipinski definition) is 6. The van der Waals surface area contributed by atoms with Crippen LogP contribution < -0.4 is 0 Å². The lowest BCUT2D eigenvalue weighted by Gasteiger charge is -2.39. The van der Waals surface area contributed by atoms with Crippen LogP contribution in [0.4, 0.5) is 0 Å². The van der Waals surface area contributed by atoms with Gasteiger partial charge in [0.25, 0.3) is 0 Å². The molecule has 0 amide bonds. The van der Waals surface area contributed by atoms with Crippen LogP contribution in [-0.4, -0.2) is 54.9 Å². The van der Waals surface area contributed by atoms with Crippen LogP contribution in [0.15, 0.2) is 35.2 Å². The first kappa shape index (κ1) is 18.3. The van der Waals surface area contributed by atoms with Crippen molar-refractivity contribution in [2.24, 2.45) is 5.92 Å². The maximum atomic E-state index is 12.6. The van der Waals surface area contributed by atoms with Gasteiger partial charge in [-0.05, 0) is 37.3 Å². The minimum absolute atomic E-state index is 0.225. The average molecular weight is 363 g/mol. The lowest BCUT2D eigenvalue weighted by Crippen LogP contribution is -2.60. The maximum Gasteiger partial charge on any atom is 0.338 e. The highest BCUT2D eigenvalue weighted by Crippen LogP contribution is 2.45. The zero-order valence-corrected chi connectivity index (χ0v) is 15.6. The molecule has 3 rings (SSSR count). The first-order valence-electron chi connectivity index (χ1n) is 8.75. The third kappa shape index (κ3) is 3.29. The lowest BCUT2D eigenvalue weighted by molar-refractivity contribution is -0.171. The van der Waals surface area contributed by atoms with E-state index in [-0.39, 0.29) is 12.0 Å². The van der Waals surface area contributed by atoms with Gasteiger partial charge in [-0.1, -0.05) is 24.6 Å². The molecule has 6 heteroatoms. The molecular weight excluding hydrogens is 338 g/mol. The van der Waals surface area contributed by atoms with E-state index in [1.165, 1.54) is 19.1 Å². The quantitative estimate of drug-likeness (QED) is 0.455. The van der Waals surface area contributed by atoms with Gasteiger partial charge in [-0.25, -0.2) is 9.59 Å². The van der Waals surface area contributed by atoms with Gasteiger partial charge in [-0.3, -0.25) is 4.90 Å². The van der Waals surface area contributed by atoms with Crippen LogP contribution in [0.25, 0.3) is 0 Å². The van der Waals surface area contributed by atoms with Gasteiger partial charge in [0, 0.05) is 23.2 Å². The zero-order valence-electron chi connectivity index (χ0n) is 14.8. The van der Waals surface area contributed by atoms with Crippen molar-refractivity contribution < 1.29 is 19.1 Å². The molecule has 1 aromatic carbocycles. The van der Waals surface area contributed by atoms with E-state index in [0.29, 0.717) is 6.42 Å². The van der Waals surface area contributed by atoms with Gasteiger partial charge in [-0.15, -0.1) is 11.8 Å². The van der Waals surface area contributed by atoms with Gasteiger partial charge < -0.3 is 9.47 Å². The second-order valence-corrected chi connectivity index (χ2v) is 7.78. The van der Waals surface area contributed by atoms with Gasteiger partial charge >= 0.3 is 11.9 Å². The highest BCUT2D eigenvalue weighted by molar-refractivity contribution is 7.99. The summed E-state index contributed by atoms with van der Waals surface area (Å²) in [6.07, 6.45) is 3.60. The lowest BCUT2D eigenvalue weighted by atomic mass is 9.91. The Morgan fingerprint density at radius 3 is 2.48 bits per heavy atom. The third-order valence-electron chi connectivity index (χ3n) is 5.39. The SMILES string of the molecule is COC(=O)C1(C(=O)OC)C[C@H](CSc2ccccc2)[C@@H]2CCCCN21. The standard InChI is InChI=1S/C19H25NO4S/c1-23-17(21)19(18(22)24-2)12-14(16-10-6-7-11-20(16)19)13-25-15-8-4-3-5-9-15/h3-5,8-9,14,16H,6-7,10-13H2,1-2H3/t14-,16+/m1/s1. The fourth-order valence-corrected chi connectivity index (χ4v) is 5.36. The van der Waals surface area contributed by atoms with Gasteiger partial charge in [-0.2, -0.15) is 0 Å². The summed E-state index contributed by atoms with van der Waals surface area (Å²) in [6, 6.07) is 10.5. The average Bonchev–Trinajstić information content (AvgIpc) is 3.01. The van der Waals surface area contributed by atoms with E-state index in [4.69, 9.17) is 9.47 Å². The third-order valence-corrected chi connectivity index (χ3v) is 6.60. The molecule has 2 saturated heterocycles. The largest absolute Gasteiger partial charge is 0.467 e. The molecule has 0 unspecified atom stereocenters. The van der Waals surface area contributed by atoms with E-state index in [2.05, 4.69) is 17.0 Å². The number of fused-ring (bicyclic) bond motifs is 1. The Hall–Kier alpha value is -1.53. The number of thioether (sulfide) groups is 1. The minimum atomic E-state index is -1.28. The number of rotatable bonds is 5. The number of carbonyl (C=O) groups is 2. The molecule has 2 fully saturated rings. The molecule has 0 N–H and O–H groups in total. The normalized spacial score (nSPS) is 25.2. The number of benzene rings is 1. The zero-order chi connectivity index (χ0) is 17.9. The Morgan fingerprint density at radius 1 is 1.16 bits per heavy atom. The van der Waals surface area contributed by atoms with Crippen LogP contribution in [0, 0.1) is 5.92 Å². The van der Waals surface area contributed by atoms with Crippen molar-refractivity contribution in [3.8, 4) is 0 Å². The fraction of sp³-hybridized carbons (Fsp3) is 0.579. The molecule has 0 saturated carbocycles. The Kier molecular flexibility index (Phi) is 5.69. The molecule has 1 aromatic rings. The number of piperidine rings is 1. The summed E-state index contributed by atoms with van der Waals surface area (Å²) in [5.74, 6) is 0.154. The minimum Gasteiger partial charge on any atom is -0.467 e. The second kappa shape index (κ2) is 7.79. The highest BCUT2D eigenvalue weighted by Gasteiger charge is 2.62. The van der Waals surface area contributed by atoms with Crippen molar-refractivity contribution in [2.75, 3.05) is 26.5 Å². The predicted octanol–water partition coefficient (Wildman–Crippen LogP) is 2.74. The molecule has 2 atom stereocenters. The van der Waals surface area contributed by atoms with Crippen molar-refractivity contribution in [3.63, 3.8) is 0 Å².